The van der Waals surface area contributed by atoms with Gasteiger partial charge in [0, 0.05) is 23.7 Å². The molecule has 5 nitrogen and oxygen atoms in total. The van der Waals surface area contributed by atoms with Gasteiger partial charge in [0.15, 0.2) is 0 Å². The molecule has 0 aliphatic carbocycles. The van der Waals surface area contributed by atoms with Gasteiger partial charge in [0.05, 0.1) is 11.6 Å². The van der Waals surface area contributed by atoms with Crippen molar-refractivity contribution in [3.8, 4) is 0 Å². The summed E-state index contributed by atoms with van der Waals surface area (Å²) in [5.41, 5.74) is 0. The largest absolute Gasteiger partial charge is 0.305 e. The number of aromatic nitrogens is 4. The molecular formula is C11H17N5S. The molecule has 0 fully saturated rings. The van der Waals surface area contributed by atoms with Crippen LogP contribution in [-0.2, 0) is 13.1 Å². The van der Waals surface area contributed by atoms with Gasteiger partial charge < -0.3 is 5.32 Å². The first-order chi connectivity index (χ1) is 8.16. The average Bonchev–Trinajstić information content (AvgIpc) is 2.87. The lowest BCUT2D eigenvalue weighted by Crippen LogP contribution is -2.17. The maximum absolute atomic E-state index is 4.25. The third-order valence-electron chi connectivity index (χ3n) is 2.39. The van der Waals surface area contributed by atoms with Crippen LogP contribution in [0.4, 0.5) is 0 Å². The van der Waals surface area contributed by atoms with E-state index < -0.39 is 0 Å². The molecular weight excluding hydrogens is 234 g/mol. The van der Waals surface area contributed by atoms with Gasteiger partial charge in [-0.15, -0.1) is 11.3 Å². The highest BCUT2D eigenvalue weighted by molar-refractivity contribution is 7.11. The predicted molar refractivity (Wildman–Crippen MR) is 67.8 cm³/mol. The summed E-state index contributed by atoms with van der Waals surface area (Å²) in [5, 5.41) is 8.66. The molecule has 1 N–H and O–H groups in total. The summed E-state index contributed by atoms with van der Waals surface area (Å²) in [6.07, 6.45) is 3.52. The van der Waals surface area contributed by atoms with E-state index in [1.165, 1.54) is 4.88 Å². The highest BCUT2D eigenvalue weighted by Crippen LogP contribution is 2.11. The normalized spacial score (nSPS) is 11.3. The highest BCUT2D eigenvalue weighted by Gasteiger charge is 2.07. The van der Waals surface area contributed by atoms with E-state index in [4.69, 9.17) is 0 Å². The predicted octanol–water partition coefficient (Wildman–Crippen LogP) is 1.91. The highest BCUT2D eigenvalue weighted by atomic mass is 32.1. The molecule has 0 unspecified atom stereocenters. The van der Waals surface area contributed by atoms with E-state index in [0.717, 1.165) is 23.9 Å². The number of rotatable bonds is 5. The van der Waals surface area contributed by atoms with Crippen LogP contribution in [0.15, 0.2) is 12.5 Å². The van der Waals surface area contributed by atoms with Crippen molar-refractivity contribution in [1.82, 2.24) is 25.1 Å². The summed E-state index contributed by atoms with van der Waals surface area (Å²) in [6, 6.07) is 0.347. The Balaban J connectivity index is 1.88. The maximum Gasteiger partial charge on any atom is 0.141 e. The Labute approximate surface area is 105 Å². The molecule has 0 radical (unpaired) electrons. The van der Waals surface area contributed by atoms with Crippen LogP contribution in [0.25, 0.3) is 0 Å². The zero-order valence-corrected chi connectivity index (χ0v) is 11.2. The number of nitrogens with one attached hydrogen (secondary N) is 1. The first kappa shape index (κ1) is 12.2. The summed E-state index contributed by atoms with van der Waals surface area (Å²) in [7, 11) is 0. The van der Waals surface area contributed by atoms with Crippen molar-refractivity contribution < 1.29 is 0 Å². The fourth-order valence-electron chi connectivity index (χ4n) is 1.62. The number of thiazole rings is 1. The Morgan fingerprint density at radius 3 is 2.82 bits per heavy atom. The van der Waals surface area contributed by atoms with Gasteiger partial charge >= 0.3 is 0 Å². The lowest BCUT2D eigenvalue weighted by molar-refractivity contribution is 0.490. The van der Waals surface area contributed by atoms with Gasteiger partial charge in [0.25, 0.3) is 0 Å². The van der Waals surface area contributed by atoms with E-state index in [2.05, 4.69) is 34.2 Å². The lowest BCUT2D eigenvalue weighted by Gasteiger charge is -2.09. The molecule has 0 aromatic carbocycles. The van der Waals surface area contributed by atoms with Gasteiger partial charge in [-0.25, -0.2) is 14.6 Å². The SMILES string of the molecule is Cc1ncc(CNCc2ncnn2C(C)C)s1. The van der Waals surface area contributed by atoms with E-state index in [9.17, 15) is 0 Å². The standard InChI is InChI=1S/C11H17N5S/c1-8(2)16-11(14-7-15-16)6-12-4-10-5-13-9(3)17-10/h5,7-8,12H,4,6H2,1-3H3. The average molecular weight is 251 g/mol. The summed E-state index contributed by atoms with van der Waals surface area (Å²) in [4.78, 5) is 9.72. The van der Waals surface area contributed by atoms with Gasteiger partial charge in [0.1, 0.15) is 12.2 Å². The second kappa shape index (κ2) is 5.37. The third kappa shape index (κ3) is 3.10. The molecule has 17 heavy (non-hydrogen) atoms. The minimum atomic E-state index is 0.347. The molecule has 0 saturated heterocycles. The first-order valence-electron chi connectivity index (χ1n) is 5.67. The van der Waals surface area contributed by atoms with Crippen molar-refractivity contribution in [3.05, 3.63) is 28.2 Å². The Hall–Kier alpha value is -1.27. The molecule has 0 aliphatic rings. The molecule has 0 spiro atoms. The van der Waals surface area contributed by atoms with Gasteiger partial charge in [-0.1, -0.05) is 0 Å². The van der Waals surface area contributed by atoms with Crippen molar-refractivity contribution in [1.29, 1.82) is 0 Å². The quantitative estimate of drug-likeness (QED) is 0.882. The van der Waals surface area contributed by atoms with Crippen molar-refractivity contribution >= 4 is 11.3 Å². The van der Waals surface area contributed by atoms with E-state index >= 15 is 0 Å². The molecule has 0 saturated carbocycles. The zero-order valence-electron chi connectivity index (χ0n) is 10.3. The van der Waals surface area contributed by atoms with Crippen LogP contribution >= 0.6 is 11.3 Å². The summed E-state index contributed by atoms with van der Waals surface area (Å²) in [6.45, 7) is 7.78. The molecule has 0 amide bonds. The molecule has 6 heteroatoms. The number of hydrogen-bond donors (Lipinski definition) is 1. The zero-order chi connectivity index (χ0) is 12.3. The van der Waals surface area contributed by atoms with Gasteiger partial charge in [-0.05, 0) is 20.8 Å². The van der Waals surface area contributed by atoms with Gasteiger partial charge in [-0.3, -0.25) is 0 Å². The van der Waals surface area contributed by atoms with E-state index in [-0.39, 0.29) is 0 Å². The molecule has 2 aromatic heterocycles. The smallest absolute Gasteiger partial charge is 0.141 e. The van der Waals surface area contributed by atoms with Crippen molar-refractivity contribution in [2.75, 3.05) is 0 Å². The molecule has 2 heterocycles. The number of aryl methyl sites for hydroxylation is 1. The van der Waals surface area contributed by atoms with Crippen molar-refractivity contribution in [2.45, 2.75) is 39.9 Å². The maximum atomic E-state index is 4.25. The van der Waals surface area contributed by atoms with Crippen molar-refractivity contribution in [3.63, 3.8) is 0 Å². The lowest BCUT2D eigenvalue weighted by atomic mass is 10.4. The minimum absolute atomic E-state index is 0.347. The molecule has 92 valence electrons. The monoisotopic (exact) mass is 251 g/mol. The molecule has 0 bridgehead atoms. The third-order valence-corrected chi connectivity index (χ3v) is 3.30. The van der Waals surface area contributed by atoms with Crippen LogP contribution in [0.2, 0.25) is 0 Å². The second-order valence-corrected chi connectivity index (χ2v) is 5.48. The number of nitrogens with zero attached hydrogens (tertiary/aromatic N) is 4. The molecule has 2 rings (SSSR count). The molecule has 0 atom stereocenters. The Morgan fingerprint density at radius 2 is 2.18 bits per heavy atom. The van der Waals surface area contributed by atoms with E-state index in [1.54, 1.807) is 17.7 Å². The van der Waals surface area contributed by atoms with Crippen LogP contribution in [-0.4, -0.2) is 19.7 Å². The minimum Gasteiger partial charge on any atom is -0.305 e. The fourth-order valence-corrected chi connectivity index (χ4v) is 2.38. The first-order valence-corrected chi connectivity index (χ1v) is 6.49. The van der Waals surface area contributed by atoms with Gasteiger partial charge in [0.2, 0.25) is 0 Å². The van der Waals surface area contributed by atoms with Crippen LogP contribution < -0.4 is 5.32 Å². The summed E-state index contributed by atoms with van der Waals surface area (Å²) >= 11 is 1.72. The summed E-state index contributed by atoms with van der Waals surface area (Å²) in [5.74, 6) is 0.973. The van der Waals surface area contributed by atoms with E-state index in [0.29, 0.717) is 6.04 Å². The topological polar surface area (TPSA) is 55.6 Å². The van der Waals surface area contributed by atoms with Crippen LogP contribution in [0.5, 0.6) is 0 Å². The van der Waals surface area contributed by atoms with Crippen LogP contribution in [0, 0.1) is 6.92 Å². The Bertz CT molecular complexity index is 474. The van der Waals surface area contributed by atoms with Gasteiger partial charge in [-0.2, -0.15) is 5.10 Å². The Morgan fingerprint density at radius 1 is 1.35 bits per heavy atom. The number of hydrogen-bond acceptors (Lipinski definition) is 5. The van der Waals surface area contributed by atoms with E-state index in [1.807, 2.05) is 17.8 Å². The molecule has 0 aliphatic heterocycles. The van der Waals surface area contributed by atoms with Crippen LogP contribution in [0.1, 0.15) is 35.6 Å². The Kier molecular flexibility index (Phi) is 3.86. The summed E-state index contributed by atoms with van der Waals surface area (Å²) < 4.78 is 1.94. The fraction of sp³-hybridized carbons (Fsp3) is 0.545. The second-order valence-electron chi connectivity index (χ2n) is 4.16. The molecule has 2 aromatic rings. The van der Waals surface area contributed by atoms with Crippen LogP contribution in [0.3, 0.4) is 0 Å². The van der Waals surface area contributed by atoms with Crippen molar-refractivity contribution in [2.24, 2.45) is 0 Å².